The normalized spacial score (nSPS) is 13.4. The van der Waals surface area contributed by atoms with E-state index in [0.29, 0.717) is 0 Å². The first-order chi connectivity index (χ1) is 7.82. The molecule has 94 valence electrons. The van der Waals surface area contributed by atoms with Crippen LogP contribution in [0, 0.1) is 10.1 Å². The maximum Gasteiger partial charge on any atom is 0.307 e. The first-order valence-electron chi connectivity index (χ1n) is 4.40. The average molecular weight is 344 g/mol. The lowest BCUT2D eigenvalue weighted by Crippen LogP contribution is -2.21. The van der Waals surface area contributed by atoms with E-state index in [1.54, 1.807) is 0 Å². The van der Waals surface area contributed by atoms with Crippen molar-refractivity contribution in [3.63, 3.8) is 0 Å². The van der Waals surface area contributed by atoms with E-state index in [2.05, 4.69) is 20.9 Å². The van der Waals surface area contributed by atoms with Crippen molar-refractivity contribution >= 4 is 43.1 Å². The van der Waals surface area contributed by atoms with E-state index < -0.39 is 25.7 Å². The second-order valence-electron chi connectivity index (χ2n) is 3.24. The molecule has 0 aliphatic rings. The van der Waals surface area contributed by atoms with Gasteiger partial charge < -0.3 is 0 Å². The number of rotatable bonds is 4. The summed E-state index contributed by atoms with van der Waals surface area (Å²) in [5, 5.41) is 9.86. The van der Waals surface area contributed by atoms with Gasteiger partial charge in [0.1, 0.15) is 6.20 Å². The van der Waals surface area contributed by atoms with Crippen LogP contribution in [0.3, 0.4) is 0 Å². The predicted octanol–water partition coefficient (Wildman–Crippen LogP) is 2.15. The molecule has 1 heterocycles. The number of sulfone groups is 1. The smallest absolute Gasteiger partial charge is 0.258 e. The number of hydrogen-bond acceptors (Lipinski definition) is 5. The predicted molar refractivity (Wildman–Crippen MR) is 66.0 cm³/mol. The van der Waals surface area contributed by atoms with E-state index in [9.17, 15) is 18.5 Å². The molecule has 1 atom stereocenters. The number of alkyl halides is 1. The second-order valence-corrected chi connectivity index (χ2v) is 6.70. The van der Waals surface area contributed by atoms with Crippen molar-refractivity contribution in [1.29, 1.82) is 0 Å². The summed E-state index contributed by atoms with van der Waals surface area (Å²) in [4.78, 5) is 13.2. The summed E-state index contributed by atoms with van der Waals surface area (Å²) < 4.78 is 24.2. The van der Waals surface area contributed by atoms with Gasteiger partial charge in [0.05, 0.1) is 14.6 Å². The van der Waals surface area contributed by atoms with E-state index in [1.807, 2.05) is 0 Å². The molecule has 0 fully saturated rings. The van der Waals surface area contributed by atoms with Crippen molar-refractivity contribution in [1.82, 2.24) is 4.98 Å². The van der Waals surface area contributed by atoms with Gasteiger partial charge in [-0.15, -0.1) is 11.6 Å². The highest BCUT2D eigenvalue weighted by molar-refractivity contribution is 9.10. The molecule has 1 aromatic rings. The summed E-state index contributed by atoms with van der Waals surface area (Å²) >= 11 is 8.45. The molecule has 0 aromatic carbocycles. The van der Waals surface area contributed by atoms with E-state index in [-0.39, 0.29) is 15.2 Å². The fraction of sp³-hybridized carbons (Fsp3) is 0.375. The zero-order valence-electron chi connectivity index (χ0n) is 8.63. The maximum atomic E-state index is 12.1. The van der Waals surface area contributed by atoms with Crippen LogP contribution in [0.15, 0.2) is 21.8 Å². The Labute approximate surface area is 111 Å². The van der Waals surface area contributed by atoms with Crippen LogP contribution in [-0.4, -0.2) is 29.5 Å². The van der Waals surface area contributed by atoms with Gasteiger partial charge in [0.25, 0.3) is 0 Å². The second kappa shape index (κ2) is 5.28. The highest BCUT2D eigenvalue weighted by atomic mass is 79.9. The van der Waals surface area contributed by atoms with E-state index in [0.717, 1.165) is 6.20 Å². The summed E-state index contributed by atoms with van der Waals surface area (Å²) in [6.07, 6.45) is 2.10. The number of nitrogens with zero attached hydrogens (tertiary/aromatic N) is 2. The lowest BCUT2D eigenvalue weighted by Gasteiger charge is -2.11. The van der Waals surface area contributed by atoms with Gasteiger partial charge in [0, 0.05) is 12.1 Å². The van der Waals surface area contributed by atoms with Gasteiger partial charge in [-0.25, -0.2) is 8.42 Å². The molecule has 0 radical (unpaired) electrons. The van der Waals surface area contributed by atoms with Crippen LogP contribution in [0.1, 0.15) is 6.92 Å². The van der Waals surface area contributed by atoms with Crippen LogP contribution in [0.5, 0.6) is 0 Å². The zero-order valence-corrected chi connectivity index (χ0v) is 11.8. The molecule has 0 N–H and O–H groups in total. The number of aromatic nitrogens is 1. The highest BCUT2D eigenvalue weighted by Gasteiger charge is 2.33. The van der Waals surface area contributed by atoms with Crippen LogP contribution in [-0.2, 0) is 9.84 Å². The molecule has 1 aromatic heterocycles. The lowest BCUT2D eigenvalue weighted by molar-refractivity contribution is -0.388. The Morgan fingerprint density at radius 3 is 2.65 bits per heavy atom. The third-order valence-corrected chi connectivity index (χ3v) is 5.80. The Morgan fingerprint density at radius 1 is 1.59 bits per heavy atom. The SMILES string of the molecule is CC(CCl)S(=O)(=O)c1c(Br)cncc1[N+](=O)[O-]. The molecule has 0 amide bonds. The van der Waals surface area contributed by atoms with Gasteiger partial charge in [0.15, 0.2) is 14.7 Å². The number of hydrogen-bond donors (Lipinski definition) is 0. The summed E-state index contributed by atoms with van der Waals surface area (Å²) in [7, 11) is -3.86. The topological polar surface area (TPSA) is 90.2 Å². The van der Waals surface area contributed by atoms with E-state index >= 15 is 0 Å². The standard InChI is InChI=1S/C8H8BrClN2O4S/c1-5(2-10)17(15,16)8-6(9)3-11-4-7(8)12(13)14/h3-5H,2H2,1H3. The van der Waals surface area contributed by atoms with Crippen molar-refractivity contribution in [2.24, 2.45) is 0 Å². The monoisotopic (exact) mass is 342 g/mol. The van der Waals surface area contributed by atoms with Gasteiger partial charge in [-0.05, 0) is 22.9 Å². The largest absolute Gasteiger partial charge is 0.307 e. The fourth-order valence-corrected chi connectivity index (χ4v) is 3.92. The van der Waals surface area contributed by atoms with Gasteiger partial charge in [0.2, 0.25) is 0 Å². The molecule has 0 saturated carbocycles. The number of pyridine rings is 1. The van der Waals surface area contributed by atoms with Crippen molar-refractivity contribution in [2.75, 3.05) is 5.88 Å². The minimum Gasteiger partial charge on any atom is -0.258 e. The molecule has 9 heteroatoms. The molecule has 1 unspecified atom stereocenters. The van der Waals surface area contributed by atoms with Gasteiger partial charge in [-0.2, -0.15) is 0 Å². The Balaban J connectivity index is 3.56. The lowest BCUT2D eigenvalue weighted by atomic mass is 10.4. The molecular weight excluding hydrogens is 336 g/mol. The first kappa shape index (κ1) is 14.3. The molecule has 0 bridgehead atoms. The first-order valence-corrected chi connectivity index (χ1v) is 7.27. The highest BCUT2D eigenvalue weighted by Crippen LogP contribution is 2.32. The molecule has 0 aliphatic heterocycles. The zero-order chi connectivity index (χ0) is 13.2. The third kappa shape index (κ3) is 2.75. The minimum atomic E-state index is -3.86. The summed E-state index contributed by atoms with van der Waals surface area (Å²) in [6, 6.07) is 0. The van der Waals surface area contributed by atoms with E-state index in [4.69, 9.17) is 11.6 Å². The molecule has 0 spiro atoms. The molecular formula is C8H8BrClN2O4S. The van der Waals surface area contributed by atoms with Crippen LogP contribution in [0.2, 0.25) is 0 Å². The Morgan fingerprint density at radius 2 is 2.18 bits per heavy atom. The Kier molecular flexibility index (Phi) is 4.45. The van der Waals surface area contributed by atoms with Crippen LogP contribution < -0.4 is 0 Å². The molecule has 6 nitrogen and oxygen atoms in total. The van der Waals surface area contributed by atoms with Crippen molar-refractivity contribution in [2.45, 2.75) is 17.1 Å². The van der Waals surface area contributed by atoms with Crippen LogP contribution >= 0.6 is 27.5 Å². The van der Waals surface area contributed by atoms with E-state index in [1.165, 1.54) is 13.1 Å². The van der Waals surface area contributed by atoms with Crippen LogP contribution in [0.4, 0.5) is 5.69 Å². The molecule has 1 rings (SSSR count). The minimum absolute atomic E-state index is 0.0590. The van der Waals surface area contributed by atoms with Gasteiger partial charge in [-0.3, -0.25) is 15.1 Å². The number of nitro groups is 1. The third-order valence-electron chi connectivity index (χ3n) is 2.06. The summed E-state index contributed by atoms with van der Waals surface area (Å²) in [5.41, 5.74) is -0.559. The molecule has 17 heavy (non-hydrogen) atoms. The summed E-state index contributed by atoms with van der Waals surface area (Å²) in [6.45, 7) is 1.39. The quantitative estimate of drug-likeness (QED) is 0.474. The van der Waals surface area contributed by atoms with Crippen LogP contribution in [0.25, 0.3) is 0 Å². The van der Waals surface area contributed by atoms with Crippen molar-refractivity contribution in [3.8, 4) is 0 Å². The van der Waals surface area contributed by atoms with Crippen molar-refractivity contribution in [3.05, 3.63) is 27.0 Å². The van der Waals surface area contributed by atoms with Gasteiger partial charge >= 0.3 is 5.69 Å². The van der Waals surface area contributed by atoms with Crippen molar-refractivity contribution < 1.29 is 13.3 Å². The Hall–Kier alpha value is -0.730. The average Bonchev–Trinajstić information content (AvgIpc) is 2.26. The molecule has 0 saturated heterocycles. The maximum absolute atomic E-state index is 12.1. The molecule has 0 aliphatic carbocycles. The van der Waals surface area contributed by atoms with Gasteiger partial charge in [-0.1, -0.05) is 0 Å². The fourth-order valence-electron chi connectivity index (χ4n) is 1.11. The number of halogens is 2. The summed E-state index contributed by atoms with van der Waals surface area (Å²) in [5.74, 6) is -0.145. The Bertz CT molecular complexity index is 548.